The smallest absolute Gasteiger partial charge is 0.200 e. The van der Waals surface area contributed by atoms with Crippen molar-refractivity contribution in [2.45, 2.75) is 0 Å². The average molecular weight is 282 g/mol. The number of aromatic hydroxyl groups is 1. The maximum Gasteiger partial charge on any atom is 0.200 e. The Bertz CT molecular complexity index is 797. The van der Waals surface area contributed by atoms with Crippen molar-refractivity contribution in [3.63, 3.8) is 0 Å². The first-order valence-corrected chi connectivity index (χ1v) is 6.28. The summed E-state index contributed by atoms with van der Waals surface area (Å²) in [4.78, 5) is 12.3. The number of benzene rings is 2. The SMILES string of the molecule is O=C(c1cnn(-c2ccccc2)c1)c1cc(F)ccc1O. The van der Waals surface area contributed by atoms with Gasteiger partial charge in [-0.3, -0.25) is 4.79 Å². The van der Waals surface area contributed by atoms with Crippen LogP contribution in [-0.2, 0) is 0 Å². The quantitative estimate of drug-likeness (QED) is 0.751. The number of hydrogen-bond donors (Lipinski definition) is 1. The zero-order chi connectivity index (χ0) is 14.8. The van der Waals surface area contributed by atoms with Crippen molar-refractivity contribution in [2.24, 2.45) is 0 Å². The molecule has 3 aromatic rings. The molecule has 21 heavy (non-hydrogen) atoms. The van der Waals surface area contributed by atoms with Crippen molar-refractivity contribution in [2.75, 3.05) is 0 Å². The van der Waals surface area contributed by atoms with Gasteiger partial charge >= 0.3 is 0 Å². The van der Waals surface area contributed by atoms with E-state index in [0.717, 1.165) is 23.9 Å². The molecule has 0 fully saturated rings. The van der Waals surface area contributed by atoms with Crippen LogP contribution in [0.3, 0.4) is 0 Å². The molecule has 3 rings (SSSR count). The molecule has 104 valence electrons. The Labute approximate surface area is 120 Å². The van der Waals surface area contributed by atoms with E-state index in [2.05, 4.69) is 5.10 Å². The molecule has 5 heteroatoms. The van der Waals surface area contributed by atoms with Crippen LogP contribution in [0.5, 0.6) is 5.75 Å². The number of carbonyl (C=O) groups is 1. The monoisotopic (exact) mass is 282 g/mol. The minimum atomic E-state index is -0.577. The van der Waals surface area contributed by atoms with Crippen LogP contribution in [0.4, 0.5) is 4.39 Å². The van der Waals surface area contributed by atoms with Gasteiger partial charge < -0.3 is 5.11 Å². The van der Waals surface area contributed by atoms with Gasteiger partial charge in [0, 0.05) is 6.20 Å². The maximum absolute atomic E-state index is 13.2. The van der Waals surface area contributed by atoms with Gasteiger partial charge in [-0.05, 0) is 30.3 Å². The fourth-order valence-corrected chi connectivity index (χ4v) is 2.01. The molecule has 0 aliphatic heterocycles. The molecule has 0 saturated carbocycles. The molecule has 0 radical (unpaired) electrons. The second-order valence-electron chi connectivity index (χ2n) is 4.50. The second-order valence-corrected chi connectivity index (χ2v) is 4.50. The Hall–Kier alpha value is -2.95. The maximum atomic E-state index is 13.2. The molecule has 0 unspecified atom stereocenters. The number of carbonyl (C=O) groups excluding carboxylic acids is 1. The minimum absolute atomic E-state index is 0.0809. The van der Waals surface area contributed by atoms with Crippen molar-refractivity contribution < 1.29 is 14.3 Å². The summed E-state index contributed by atoms with van der Waals surface area (Å²) in [5.41, 5.74) is 1.00. The lowest BCUT2D eigenvalue weighted by Gasteiger charge is -2.02. The van der Waals surface area contributed by atoms with Gasteiger partial charge in [0.25, 0.3) is 0 Å². The Morgan fingerprint density at radius 1 is 1.14 bits per heavy atom. The molecule has 4 nitrogen and oxygen atoms in total. The first-order chi connectivity index (χ1) is 10.1. The lowest BCUT2D eigenvalue weighted by molar-refractivity contribution is 0.103. The fraction of sp³-hybridized carbons (Fsp3) is 0. The van der Waals surface area contributed by atoms with Gasteiger partial charge in [-0.15, -0.1) is 0 Å². The lowest BCUT2D eigenvalue weighted by atomic mass is 10.1. The van der Waals surface area contributed by atoms with Crippen molar-refractivity contribution in [3.05, 3.63) is 77.9 Å². The van der Waals surface area contributed by atoms with Crippen LogP contribution in [0.15, 0.2) is 60.9 Å². The van der Waals surface area contributed by atoms with E-state index >= 15 is 0 Å². The van der Waals surface area contributed by atoms with Gasteiger partial charge in [0.1, 0.15) is 11.6 Å². The normalized spacial score (nSPS) is 10.5. The minimum Gasteiger partial charge on any atom is -0.507 e. The number of phenolic OH excluding ortho intramolecular Hbond substituents is 1. The zero-order valence-corrected chi connectivity index (χ0v) is 10.9. The summed E-state index contributed by atoms with van der Waals surface area (Å²) in [5, 5.41) is 13.8. The van der Waals surface area contributed by atoms with Crippen LogP contribution >= 0.6 is 0 Å². The number of ketones is 1. The highest BCUT2D eigenvalue weighted by Gasteiger charge is 2.16. The van der Waals surface area contributed by atoms with E-state index in [4.69, 9.17) is 0 Å². The molecule has 2 aromatic carbocycles. The molecule has 0 aliphatic carbocycles. The van der Waals surface area contributed by atoms with E-state index in [9.17, 15) is 14.3 Å². The molecule has 1 N–H and O–H groups in total. The van der Waals surface area contributed by atoms with Crippen molar-refractivity contribution in [1.29, 1.82) is 0 Å². The third-order valence-electron chi connectivity index (χ3n) is 3.07. The molecule has 0 spiro atoms. The van der Waals surface area contributed by atoms with Gasteiger partial charge in [0.2, 0.25) is 0 Å². The summed E-state index contributed by atoms with van der Waals surface area (Å²) in [6, 6.07) is 12.6. The van der Waals surface area contributed by atoms with Crippen LogP contribution in [0.1, 0.15) is 15.9 Å². The van der Waals surface area contributed by atoms with Crippen LogP contribution in [0.2, 0.25) is 0 Å². The van der Waals surface area contributed by atoms with Crippen molar-refractivity contribution in [3.8, 4) is 11.4 Å². The molecular formula is C16H11FN2O2. The van der Waals surface area contributed by atoms with E-state index in [0.29, 0.717) is 0 Å². The highest BCUT2D eigenvalue weighted by atomic mass is 19.1. The molecule has 0 saturated heterocycles. The summed E-state index contributed by atoms with van der Waals surface area (Å²) in [6.45, 7) is 0. The van der Waals surface area contributed by atoms with Crippen LogP contribution in [0.25, 0.3) is 5.69 Å². The molecule has 0 bridgehead atoms. The lowest BCUT2D eigenvalue weighted by Crippen LogP contribution is -2.01. The summed E-state index contributed by atoms with van der Waals surface area (Å²) in [6.07, 6.45) is 2.93. The van der Waals surface area contributed by atoms with Crippen molar-refractivity contribution in [1.82, 2.24) is 9.78 Å². The molecule has 0 atom stereocenters. The van der Waals surface area contributed by atoms with E-state index in [1.54, 1.807) is 10.9 Å². The second kappa shape index (κ2) is 5.20. The van der Waals surface area contributed by atoms with E-state index in [1.807, 2.05) is 30.3 Å². The van der Waals surface area contributed by atoms with Gasteiger partial charge in [0.05, 0.1) is 23.0 Å². The number of phenols is 1. The molecule has 0 aliphatic rings. The first-order valence-electron chi connectivity index (χ1n) is 6.28. The average Bonchev–Trinajstić information content (AvgIpc) is 3.00. The predicted molar refractivity (Wildman–Crippen MR) is 75.1 cm³/mol. The Morgan fingerprint density at radius 2 is 1.90 bits per heavy atom. The fourth-order valence-electron chi connectivity index (χ4n) is 2.01. The van der Waals surface area contributed by atoms with Crippen LogP contribution in [0, 0.1) is 5.82 Å². The standard InChI is InChI=1S/C16H11FN2O2/c17-12-6-7-15(20)14(8-12)16(21)11-9-18-19(10-11)13-4-2-1-3-5-13/h1-10,20H. The number of aromatic nitrogens is 2. The third-order valence-corrected chi connectivity index (χ3v) is 3.07. The largest absolute Gasteiger partial charge is 0.507 e. The Balaban J connectivity index is 1.96. The molecule has 0 amide bonds. The van der Waals surface area contributed by atoms with Gasteiger partial charge in [-0.1, -0.05) is 18.2 Å². The summed E-state index contributed by atoms with van der Waals surface area (Å²) in [7, 11) is 0. The molecule has 1 aromatic heterocycles. The number of para-hydroxylation sites is 1. The van der Waals surface area contributed by atoms with E-state index < -0.39 is 11.6 Å². The third kappa shape index (κ3) is 2.53. The predicted octanol–water partition coefficient (Wildman–Crippen LogP) is 2.95. The highest BCUT2D eigenvalue weighted by molar-refractivity contribution is 6.10. The van der Waals surface area contributed by atoms with Gasteiger partial charge in [-0.25, -0.2) is 9.07 Å². The molecule has 1 heterocycles. The number of halogens is 1. The first kappa shape index (κ1) is 13.1. The van der Waals surface area contributed by atoms with Crippen LogP contribution < -0.4 is 0 Å². The van der Waals surface area contributed by atoms with Crippen molar-refractivity contribution >= 4 is 5.78 Å². The van der Waals surface area contributed by atoms with Gasteiger partial charge in [0.15, 0.2) is 5.78 Å². The van der Waals surface area contributed by atoms with Gasteiger partial charge in [-0.2, -0.15) is 5.10 Å². The van der Waals surface area contributed by atoms with E-state index in [-0.39, 0.29) is 16.9 Å². The Kier molecular flexibility index (Phi) is 3.23. The number of hydrogen-bond acceptors (Lipinski definition) is 3. The summed E-state index contributed by atoms with van der Waals surface area (Å²) >= 11 is 0. The number of rotatable bonds is 3. The highest BCUT2D eigenvalue weighted by Crippen LogP contribution is 2.21. The zero-order valence-electron chi connectivity index (χ0n) is 10.9. The number of nitrogens with zero attached hydrogens (tertiary/aromatic N) is 2. The van der Waals surface area contributed by atoms with Crippen LogP contribution in [-0.4, -0.2) is 20.7 Å². The summed E-state index contributed by atoms with van der Waals surface area (Å²) < 4.78 is 14.8. The molecular weight excluding hydrogens is 271 g/mol. The topological polar surface area (TPSA) is 55.1 Å². The summed E-state index contributed by atoms with van der Waals surface area (Å²) in [5.74, 6) is -1.31. The Morgan fingerprint density at radius 3 is 2.67 bits per heavy atom. The van der Waals surface area contributed by atoms with E-state index in [1.165, 1.54) is 6.20 Å².